The first-order valence-corrected chi connectivity index (χ1v) is 11.5. The van der Waals surface area contributed by atoms with Gasteiger partial charge in [-0.05, 0) is 68.5 Å². The van der Waals surface area contributed by atoms with E-state index in [0.29, 0.717) is 42.0 Å². The van der Waals surface area contributed by atoms with Crippen LogP contribution in [0.4, 0.5) is 22.7 Å². The van der Waals surface area contributed by atoms with Crippen LogP contribution < -0.4 is 21.3 Å². The molecule has 8 nitrogen and oxygen atoms in total. The monoisotopic (exact) mass is 464 g/mol. The lowest BCUT2D eigenvalue weighted by atomic mass is 9.80. The van der Waals surface area contributed by atoms with Crippen molar-refractivity contribution in [3.8, 4) is 0 Å². The molecule has 1 aliphatic carbocycles. The summed E-state index contributed by atoms with van der Waals surface area (Å²) >= 11 is 0. The molecule has 0 aliphatic heterocycles. The third kappa shape index (κ3) is 6.66. The average Bonchev–Trinajstić information content (AvgIpc) is 2.77. The Labute approximate surface area is 199 Å². The zero-order chi connectivity index (χ0) is 24.8. The van der Waals surface area contributed by atoms with E-state index in [9.17, 15) is 19.2 Å². The Bertz CT molecular complexity index is 1030. The predicted molar refractivity (Wildman–Crippen MR) is 134 cm³/mol. The molecule has 34 heavy (non-hydrogen) atoms. The van der Waals surface area contributed by atoms with Crippen LogP contribution in [0.5, 0.6) is 0 Å². The van der Waals surface area contributed by atoms with Crippen molar-refractivity contribution in [3.05, 3.63) is 47.5 Å². The molecule has 8 heteroatoms. The van der Waals surface area contributed by atoms with Gasteiger partial charge in [0.1, 0.15) is 0 Å². The Morgan fingerprint density at radius 3 is 1.44 bits per heavy atom. The van der Waals surface area contributed by atoms with Gasteiger partial charge in [-0.25, -0.2) is 0 Å². The number of anilines is 4. The zero-order valence-electron chi connectivity index (χ0n) is 20.1. The van der Waals surface area contributed by atoms with Gasteiger partial charge >= 0.3 is 0 Å². The van der Waals surface area contributed by atoms with Crippen LogP contribution in [0.25, 0.3) is 0 Å². The molecule has 1 fully saturated rings. The fraction of sp³-hybridized carbons (Fsp3) is 0.385. The number of carbonyl (C=O) groups excluding carboxylic acids is 4. The fourth-order valence-electron chi connectivity index (χ4n) is 4.26. The van der Waals surface area contributed by atoms with Gasteiger partial charge in [0.05, 0.1) is 22.7 Å². The van der Waals surface area contributed by atoms with E-state index in [1.54, 1.807) is 12.1 Å². The Balaban J connectivity index is 1.69. The Morgan fingerprint density at radius 1 is 0.647 bits per heavy atom. The van der Waals surface area contributed by atoms with Crippen molar-refractivity contribution in [1.29, 1.82) is 0 Å². The fourth-order valence-corrected chi connectivity index (χ4v) is 4.26. The quantitative estimate of drug-likeness (QED) is 0.500. The van der Waals surface area contributed by atoms with Gasteiger partial charge in [0, 0.05) is 25.7 Å². The summed E-state index contributed by atoms with van der Waals surface area (Å²) in [5.41, 5.74) is 4.10. The molecule has 0 saturated heterocycles. The standard InChI is InChI=1S/C26H32N4O4/c1-15-8-10-21(27-17(3)31)23(12-15)29-25(33)19-6-5-7-20(14-19)26(34)30-24-13-16(2)9-11-22(24)28-18(4)32/h8-13,19-20H,5-7,14H2,1-4H3,(H,27,31)(H,28,32)(H,29,33)(H,30,34). The van der Waals surface area contributed by atoms with Crippen LogP contribution in [-0.2, 0) is 19.2 Å². The molecular formula is C26H32N4O4. The first-order valence-electron chi connectivity index (χ1n) is 11.5. The van der Waals surface area contributed by atoms with Crippen molar-refractivity contribution in [3.63, 3.8) is 0 Å². The molecule has 0 aromatic heterocycles. The number of hydrogen-bond acceptors (Lipinski definition) is 4. The van der Waals surface area contributed by atoms with Gasteiger partial charge in [0.2, 0.25) is 23.6 Å². The van der Waals surface area contributed by atoms with E-state index >= 15 is 0 Å². The number of hydrogen-bond donors (Lipinski definition) is 4. The molecule has 0 bridgehead atoms. The van der Waals surface area contributed by atoms with Crippen molar-refractivity contribution in [1.82, 2.24) is 0 Å². The number of amides is 4. The Morgan fingerprint density at radius 2 is 1.06 bits per heavy atom. The van der Waals surface area contributed by atoms with Gasteiger partial charge in [-0.3, -0.25) is 19.2 Å². The maximum atomic E-state index is 13.1. The maximum Gasteiger partial charge on any atom is 0.227 e. The summed E-state index contributed by atoms with van der Waals surface area (Å²) in [6.45, 7) is 6.66. The highest BCUT2D eigenvalue weighted by atomic mass is 16.2. The molecule has 3 rings (SSSR count). The molecule has 0 radical (unpaired) electrons. The average molecular weight is 465 g/mol. The van der Waals surface area contributed by atoms with Crippen LogP contribution in [0.3, 0.4) is 0 Å². The Kier molecular flexibility index (Phi) is 8.04. The molecule has 2 unspecified atom stereocenters. The number of nitrogens with one attached hydrogen (secondary N) is 4. The highest BCUT2D eigenvalue weighted by molar-refractivity contribution is 6.02. The van der Waals surface area contributed by atoms with Crippen LogP contribution in [-0.4, -0.2) is 23.6 Å². The lowest BCUT2D eigenvalue weighted by Gasteiger charge is -2.28. The van der Waals surface area contributed by atoms with E-state index in [-0.39, 0.29) is 35.5 Å². The van der Waals surface area contributed by atoms with Crippen molar-refractivity contribution in [2.45, 2.75) is 53.4 Å². The molecule has 1 saturated carbocycles. The van der Waals surface area contributed by atoms with E-state index in [4.69, 9.17) is 0 Å². The molecule has 4 N–H and O–H groups in total. The van der Waals surface area contributed by atoms with Gasteiger partial charge in [0.15, 0.2) is 0 Å². The lowest BCUT2D eigenvalue weighted by molar-refractivity contribution is -0.125. The first-order chi connectivity index (χ1) is 16.1. The number of rotatable bonds is 6. The summed E-state index contributed by atoms with van der Waals surface area (Å²) < 4.78 is 0. The molecule has 180 valence electrons. The molecule has 4 amide bonds. The summed E-state index contributed by atoms with van der Waals surface area (Å²) in [4.78, 5) is 49.2. The first kappa shape index (κ1) is 25.0. The topological polar surface area (TPSA) is 116 Å². The lowest BCUT2D eigenvalue weighted by Crippen LogP contribution is -2.33. The normalized spacial score (nSPS) is 17.4. The van der Waals surface area contributed by atoms with E-state index in [0.717, 1.165) is 17.5 Å². The minimum Gasteiger partial charge on any atom is -0.325 e. The van der Waals surface area contributed by atoms with Gasteiger partial charge in [-0.1, -0.05) is 18.6 Å². The zero-order valence-corrected chi connectivity index (χ0v) is 20.1. The molecule has 0 heterocycles. The second-order valence-corrected chi connectivity index (χ2v) is 9.00. The van der Waals surface area contributed by atoms with Crippen molar-refractivity contribution < 1.29 is 19.2 Å². The van der Waals surface area contributed by atoms with Gasteiger partial charge in [0.25, 0.3) is 0 Å². The SMILES string of the molecule is CC(=O)Nc1ccc(C)cc1NC(=O)C1CCCC(C(=O)Nc2cc(C)ccc2NC(C)=O)C1. The summed E-state index contributed by atoms with van der Waals surface area (Å²) in [6.07, 6.45) is 2.58. The van der Waals surface area contributed by atoms with Crippen LogP contribution in [0.15, 0.2) is 36.4 Å². The van der Waals surface area contributed by atoms with E-state index in [1.165, 1.54) is 13.8 Å². The minimum atomic E-state index is -0.317. The molecule has 2 atom stereocenters. The number of aryl methyl sites for hydroxylation is 2. The number of benzene rings is 2. The predicted octanol–water partition coefficient (Wildman–Crippen LogP) is 4.60. The number of carbonyl (C=O) groups is 4. The highest BCUT2D eigenvalue weighted by Crippen LogP contribution is 2.33. The second-order valence-electron chi connectivity index (χ2n) is 9.00. The third-order valence-electron chi connectivity index (χ3n) is 5.90. The molecule has 1 aliphatic rings. The van der Waals surface area contributed by atoms with Gasteiger partial charge in [-0.15, -0.1) is 0 Å². The third-order valence-corrected chi connectivity index (χ3v) is 5.90. The van der Waals surface area contributed by atoms with Crippen molar-refractivity contribution >= 4 is 46.4 Å². The van der Waals surface area contributed by atoms with Crippen LogP contribution in [0, 0.1) is 25.7 Å². The van der Waals surface area contributed by atoms with E-state index < -0.39 is 0 Å². The van der Waals surface area contributed by atoms with Crippen molar-refractivity contribution in [2.24, 2.45) is 11.8 Å². The van der Waals surface area contributed by atoms with Gasteiger partial charge in [-0.2, -0.15) is 0 Å². The van der Waals surface area contributed by atoms with E-state index in [1.807, 2.05) is 38.1 Å². The maximum absolute atomic E-state index is 13.1. The molecule has 0 spiro atoms. The highest BCUT2D eigenvalue weighted by Gasteiger charge is 2.32. The minimum absolute atomic E-state index is 0.163. The smallest absolute Gasteiger partial charge is 0.227 e. The van der Waals surface area contributed by atoms with Crippen LogP contribution in [0.1, 0.15) is 50.7 Å². The Hall–Kier alpha value is -3.68. The second kappa shape index (κ2) is 11.0. The summed E-state index contributed by atoms with van der Waals surface area (Å²) in [7, 11) is 0. The molecule has 2 aromatic carbocycles. The van der Waals surface area contributed by atoms with Gasteiger partial charge < -0.3 is 21.3 Å². The van der Waals surface area contributed by atoms with E-state index in [2.05, 4.69) is 21.3 Å². The molecule has 2 aromatic rings. The summed E-state index contributed by atoms with van der Waals surface area (Å²) in [5, 5.41) is 11.4. The summed E-state index contributed by atoms with van der Waals surface area (Å²) in [6, 6.07) is 10.9. The molecular weight excluding hydrogens is 432 g/mol. The largest absolute Gasteiger partial charge is 0.325 e. The summed E-state index contributed by atoms with van der Waals surface area (Å²) in [5.74, 6) is -1.40. The van der Waals surface area contributed by atoms with Crippen LogP contribution in [0.2, 0.25) is 0 Å². The van der Waals surface area contributed by atoms with Crippen LogP contribution >= 0.6 is 0 Å². The van der Waals surface area contributed by atoms with Crippen molar-refractivity contribution in [2.75, 3.05) is 21.3 Å².